The second kappa shape index (κ2) is 5.82. The van der Waals surface area contributed by atoms with E-state index < -0.39 is 6.04 Å². The van der Waals surface area contributed by atoms with Gasteiger partial charge < -0.3 is 11.1 Å². The number of nitrogens with one attached hydrogen (secondary N) is 1. The number of benzene rings is 1. The van der Waals surface area contributed by atoms with E-state index in [4.69, 9.17) is 5.73 Å². The van der Waals surface area contributed by atoms with Crippen LogP contribution in [-0.2, 0) is 11.2 Å². The van der Waals surface area contributed by atoms with Crippen molar-refractivity contribution < 1.29 is 4.79 Å². The number of carbonyl (C=O) groups excluding carboxylic acids is 1. The van der Waals surface area contributed by atoms with Crippen LogP contribution in [0.3, 0.4) is 0 Å². The van der Waals surface area contributed by atoms with Crippen molar-refractivity contribution in [2.24, 2.45) is 5.73 Å². The van der Waals surface area contributed by atoms with Crippen LogP contribution in [0.2, 0.25) is 0 Å². The second-order valence-corrected chi connectivity index (χ2v) is 4.79. The minimum absolute atomic E-state index is 0.0132. The Morgan fingerprint density at radius 1 is 1.29 bits per heavy atom. The third-order valence-corrected chi connectivity index (χ3v) is 3.34. The normalized spacial score (nSPS) is 17.9. The largest absolute Gasteiger partial charge is 0.352 e. The van der Waals surface area contributed by atoms with E-state index in [2.05, 4.69) is 5.32 Å². The highest BCUT2D eigenvalue weighted by Gasteiger charge is 2.20. The average molecular weight is 232 g/mol. The number of hydrogen-bond acceptors (Lipinski definition) is 2. The third kappa shape index (κ3) is 3.56. The molecule has 0 spiro atoms. The predicted molar refractivity (Wildman–Crippen MR) is 68.5 cm³/mol. The lowest BCUT2D eigenvalue weighted by molar-refractivity contribution is -0.123. The molecule has 1 fully saturated rings. The average Bonchev–Trinajstić information content (AvgIpc) is 2.83. The molecule has 17 heavy (non-hydrogen) atoms. The number of nitrogens with two attached hydrogens (primary N) is 1. The monoisotopic (exact) mass is 232 g/mol. The van der Waals surface area contributed by atoms with Crippen LogP contribution in [0, 0.1) is 0 Å². The molecule has 1 aliphatic rings. The van der Waals surface area contributed by atoms with Crippen molar-refractivity contribution in [1.82, 2.24) is 5.32 Å². The summed E-state index contributed by atoms with van der Waals surface area (Å²) in [6.07, 6.45) is 5.25. The van der Waals surface area contributed by atoms with Crippen molar-refractivity contribution >= 4 is 5.91 Å². The molecule has 2 rings (SSSR count). The Hall–Kier alpha value is -1.35. The standard InChI is InChI=1S/C14H20N2O/c15-13(10-11-6-2-1-3-7-11)14(17)16-12-8-4-5-9-12/h1-3,6-7,12-13H,4-5,8-10,15H2,(H,16,17)/t13-/m0/s1. The molecule has 3 heteroatoms. The molecule has 1 aliphatic carbocycles. The zero-order valence-electron chi connectivity index (χ0n) is 10.1. The molecule has 0 saturated heterocycles. The van der Waals surface area contributed by atoms with E-state index in [1.807, 2.05) is 30.3 Å². The quantitative estimate of drug-likeness (QED) is 0.828. The van der Waals surface area contributed by atoms with Crippen molar-refractivity contribution in [2.45, 2.75) is 44.2 Å². The highest BCUT2D eigenvalue weighted by atomic mass is 16.2. The third-order valence-electron chi connectivity index (χ3n) is 3.34. The van der Waals surface area contributed by atoms with Gasteiger partial charge in [0.15, 0.2) is 0 Å². The first kappa shape index (κ1) is 12.1. The molecule has 1 atom stereocenters. The summed E-state index contributed by atoms with van der Waals surface area (Å²) in [6.45, 7) is 0. The maximum Gasteiger partial charge on any atom is 0.237 e. The predicted octanol–water partition coefficient (Wildman–Crippen LogP) is 1.62. The molecule has 0 bridgehead atoms. The molecule has 0 heterocycles. The Morgan fingerprint density at radius 3 is 2.59 bits per heavy atom. The van der Waals surface area contributed by atoms with Crippen LogP contribution in [0.4, 0.5) is 0 Å². The van der Waals surface area contributed by atoms with Gasteiger partial charge >= 0.3 is 0 Å². The molecule has 0 unspecified atom stereocenters. The van der Waals surface area contributed by atoms with Crippen molar-refractivity contribution in [2.75, 3.05) is 0 Å². The molecular weight excluding hydrogens is 212 g/mol. The Balaban J connectivity index is 1.82. The lowest BCUT2D eigenvalue weighted by Gasteiger charge is -2.16. The minimum atomic E-state index is -0.432. The van der Waals surface area contributed by atoms with Crippen LogP contribution >= 0.6 is 0 Å². The maximum atomic E-state index is 11.9. The first-order valence-corrected chi connectivity index (χ1v) is 6.35. The van der Waals surface area contributed by atoms with Gasteiger partial charge in [0, 0.05) is 6.04 Å². The van der Waals surface area contributed by atoms with Gasteiger partial charge in [-0.25, -0.2) is 0 Å². The molecular formula is C14H20N2O. The van der Waals surface area contributed by atoms with E-state index in [-0.39, 0.29) is 5.91 Å². The molecule has 1 aromatic rings. The molecule has 0 radical (unpaired) electrons. The summed E-state index contributed by atoms with van der Waals surface area (Å²) in [4.78, 5) is 11.9. The van der Waals surface area contributed by atoms with E-state index in [0.717, 1.165) is 18.4 Å². The Kier molecular flexibility index (Phi) is 4.15. The molecule has 92 valence electrons. The maximum absolute atomic E-state index is 11.9. The van der Waals surface area contributed by atoms with Crippen LogP contribution < -0.4 is 11.1 Å². The summed E-state index contributed by atoms with van der Waals surface area (Å²) in [5.74, 6) is -0.0132. The second-order valence-electron chi connectivity index (χ2n) is 4.79. The van der Waals surface area contributed by atoms with Crippen molar-refractivity contribution in [3.05, 3.63) is 35.9 Å². The molecule has 0 aromatic heterocycles. The smallest absolute Gasteiger partial charge is 0.237 e. The van der Waals surface area contributed by atoms with Gasteiger partial charge in [0.1, 0.15) is 0 Å². The molecule has 0 aliphatic heterocycles. The van der Waals surface area contributed by atoms with Crippen LogP contribution in [0.5, 0.6) is 0 Å². The van der Waals surface area contributed by atoms with E-state index in [1.54, 1.807) is 0 Å². The van der Waals surface area contributed by atoms with Gasteiger partial charge in [-0.2, -0.15) is 0 Å². The van der Waals surface area contributed by atoms with Gasteiger partial charge in [-0.3, -0.25) is 4.79 Å². The fraction of sp³-hybridized carbons (Fsp3) is 0.500. The van der Waals surface area contributed by atoms with Gasteiger partial charge in [-0.15, -0.1) is 0 Å². The molecule has 3 N–H and O–H groups in total. The summed E-state index contributed by atoms with van der Waals surface area (Å²) >= 11 is 0. The SMILES string of the molecule is N[C@@H](Cc1ccccc1)C(=O)NC1CCCC1. The fourth-order valence-corrected chi connectivity index (χ4v) is 2.34. The van der Waals surface area contributed by atoms with Crippen LogP contribution in [0.1, 0.15) is 31.2 Å². The summed E-state index contributed by atoms with van der Waals surface area (Å²) in [5, 5.41) is 3.03. The van der Waals surface area contributed by atoms with Gasteiger partial charge in [-0.05, 0) is 24.8 Å². The topological polar surface area (TPSA) is 55.1 Å². The molecule has 1 aromatic carbocycles. The summed E-state index contributed by atoms with van der Waals surface area (Å²) in [6, 6.07) is 9.83. The van der Waals surface area contributed by atoms with Crippen LogP contribution in [0.15, 0.2) is 30.3 Å². The lowest BCUT2D eigenvalue weighted by Crippen LogP contribution is -2.45. The summed E-state index contributed by atoms with van der Waals surface area (Å²) < 4.78 is 0. The van der Waals surface area contributed by atoms with E-state index in [9.17, 15) is 4.79 Å². The summed E-state index contributed by atoms with van der Waals surface area (Å²) in [5.41, 5.74) is 7.03. The number of rotatable bonds is 4. The first-order valence-electron chi connectivity index (χ1n) is 6.35. The summed E-state index contributed by atoms with van der Waals surface area (Å²) in [7, 11) is 0. The highest BCUT2D eigenvalue weighted by molar-refractivity contribution is 5.82. The Bertz CT molecular complexity index is 358. The number of carbonyl (C=O) groups is 1. The van der Waals surface area contributed by atoms with Crippen LogP contribution in [0.25, 0.3) is 0 Å². The minimum Gasteiger partial charge on any atom is -0.352 e. The fourth-order valence-electron chi connectivity index (χ4n) is 2.34. The number of hydrogen-bond donors (Lipinski definition) is 2. The van der Waals surface area contributed by atoms with Crippen molar-refractivity contribution in [3.8, 4) is 0 Å². The lowest BCUT2D eigenvalue weighted by atomic mass is 10.1. The van der Waals surface area contributed by atoms with Crippen molar-refractivity contribution in [1.29, 1.82) is 0 Å². The zero-order chi connectivity index (χ0) is 12.1. The van der Waals surface area contributed by atoms with Gasteiger partial charge in [0.2, 0.25) is 5.91 Å². The Morgan fingerprint density at radius 2 is 1.94 bits per heavy atom. The highest BCUT2D eigenvalue weighted by Crippen LogP contribution is 2.17. The molecule has 1 amide bonds. The van der Waals surface area contributed by atoms with E-state index in [0.29, 0.717) is 12.5 Å². The zero-order valence-corrected chi connectivity index (χ0v) is 10.1. The van der Waals surface area contributed by atoms with Crippen molar-refractivity contribution in [3.63, 3.8) is 0 Å². The van der Waals surface area contributed by atoms with E-state index >= 15 is 0 Å². The Labute approximate surface area is 102 Å². The van der Waals surface area contributed by atoms with Gasteiger partial charge in [0.25, 0.3) is 0 Å². The van der Waals surface area contributed by atoms with Crippen LogP contribution in [-0.4, -0.2) is 18.0 Å². The van der Waals surface area contributed by atoms with E-state index in [1.165, 1.54) is 12.8 Å². The molecule has 1 saturated carbocycles. The molecule has 3 nitrogen and oxygen atoms in total. The van der Waals surface area contributed by atoms with Gasteiger partial charge in [-0.1, -0.05) is 43.2 Å². The first-order chi connectivity index (χ1) is 8.25. The van der Waals surface area contributed by atoms with Gasteiger partial charge in [0.05, 0.1) is 6.04 Å². The number of amides is 1.